The second kappa shape index (κ2) is 10.5. The van der Waals surface area contributed by atoms with E-state index < -0.39 is 0 Å². The normalized spacial score (nSPS) is 19.4. The zero-order chi connectivity index (χ0) is 26.1. The highest BCUT2D eigenvalue weighted by atomic mass is 16.5. The Morgan fingerprint density at radius 2 is 1.87 bits per heavy atom. The monoisotopic (exact) mass is 512 g/mol. The maximum Gasteiger partial charge on any atom is 0.341 e. The lowest BCUT2D eigenvalue weighted by atomic mass is 10.0. The van der Waals surface area contributed by atoms with Gasteiger partial charge in [-0.3, -0.25) is 9.58 Å². The van der Waals surface area contributed by atoms with E-state index in [-0.39, 0.29) is 17.8 Å². The van der Waals surface area contributed by atoms with Gasteiger partial charge in [0.2, 0.25) is 0 Å². The molecule has 4 aromatic rings. The highest BCUT2D eigenvalue weighted by molar-refractivity contribution is 5.91. The number of ether oxygens (including phenoxy) is 2. The second-order valence-electron chi connectivity index (χ2n) is 9.98. The first-order valence-corrected chi connectivity index (χ1v) is 13.2. The molecule has 9 heteroatoms. The highest BCUT2D eigenvalue weighted by Crippen LogP contribution is 2.55. The average molecular weight is 513 g/mol. The van der Waals surface area contributed by atoms with Crippen LogP contribution in [0.25, 0.3) is 16.8 Å². The zero-order valence-corrected chi connectivity index (χ0v) is 21.8. The number of carbonyl (C=O) groups is 1. The van der Waals surface area contributed by atoms with Gasteiger partial charge >= 0.3 is 5.97 Å². The van der Waals surface area contributed by atoms with E-state index in [2.05, 4.69) is 56.7 Å². The standard InChI is InChI=1S/C29H32N6O3/c1-3-38-29(36)26-17-30-35(28(26)25-16-24(25)27-19-33(2)32-31-27)23-9-5-8-22(15-23)21-7-4-6-20(14-21)18-34-10-12-37-13-11-34/h4-9,14-15,17,19,24-25H,3,10-13,16,18H2,1-2H3. The molecule has 38 heavy (non-hydrogen) atoms. The number of aryl methyl sites for hydroxylation is 1. The molecule has 0 bridgehead atoms. The van der Waals surface area contributed by atoms with Crippen LogP contribution in [0.2, 0.25) is 0 Å². The smallest absolute Gasteiger partial charge is 0.341 e. The fourth-order valence-corrected chi connectivity index (χ4v) is 5.33. The van der Waals surface area contributed by atoms with Crippen LogP contribution in [0.5, 0.6) is 0 Å². The van der Waals surface area contributed by atoms with Crippen molar-refractivity contribution in [2.24, 2.45) is 7.05 Å². The summed E-state index contributed by atoms with van der Waals surface area (Å²) in [7, 11) is 1.86. The Labute approximate surface area is 222 Å². The molecule has 2 unspecified atom stereocenters. The van der Waals surface area contributed by atoms with E-state index in [1.54, 1.807) is 10.9 Å². The van der Waals surface area contributed by atoms with Gasteiger partial charge in [0.1, 0.15) is 5.56 Å². The number of hydrogen-bond donors (Lipinski definition) is 0. The number of morpholine rings is 1. The minimum Gasteiger partial charge on any atom is -0.462 e. The van der Waals surface area contributed by atoms with E-state index in [9.17, 15) is 4.79 Å². The zero-order valence-electron chi connectivity index (χ0n) is 21.8. The van der Waals surface area contributed by atoms with Crippen molar-refractivity contribution in [3.63, 3.8) is 0 Å². The molecule has 2 atom stereocenters. The first-order chi connectivity index (χ1) is 18.6. The van der Waals surface area contributed by atoms with Crippen LogP contribution in [0.1, 0.15) is 52.5 Å². The summed E-state index contributed by atoms with van der Waals surface area (Å²) in [6.07, 6.45) is 4.47. The lowest BCUT2D eigenvalue weighted by molar-refractivity contribution is 0.0342. The highest BCUT2D eigenvalue weighted by Gasteiger charge is 2.46. The summed E-state index contributed by atoms with van der Waals surface area (Å²) in [4.78, 5) is 15.3. The number of esters is 1. The summed E-state index contributed by atoms with van der Waals surface area (Å²) in [5.41, 5.74) is 6.78. The Hall–Kier alpha value is -3.82. The first-order valence-electron chi connectivity index (χ1n) is 13.2. The second-order valence-corrected chi connectivity index (χ2v) is 9.98. The van der Waals surface area contributed by atoms with Gasteiger partial charge in [0, 0.05) is 44.7 Å². The molecule has 6 rings (SSSR count). The van der Waals surface area contributed by atoms with E-state index in [1.807, 2.05) is 37.0 Å². The summed E-state index contributed by atoms with van der Waals surface area (Å²) in [6.45, 7) is 6.55. The van der Waals surface area contributed by atoms with Crippen molar-refractivity contribution >= 4 is 5.97 Å². The Morgan fingerprint density at radius 1 is 1.08 bits per heavy atom. The number of hydrogen-bond acceptors (Lipinski definition) is 7. The van der Waals surface area contributed by atoms with Gasteiger partial charge in [-0.2, -0.15) is 5.10 Å². The van der Waals surface area contributed by atoms with Gasteiger partial charge in [0.15, 0.2) is 0 Å². The number of carbonyl (C=O) groups excluding carboxylic acids is 1. The summed E-state index contributed by atoms with van der Waals surface area (Å²) in [5.74, 6) is -0.0213. The van der Waals surface area contributed by atoms with Crippen LogP contribution in [0, 0.1) is 0 Å². The molecule has 0 amide bonds. The number of nitrogens with zero attached hydrogens (tertiary/aromatic N) is 6. The van der Waals surface area contributed by atoms with Gasteiger partial charge in [0.25, 0.3) is 0 Å². The molecule has 2 fully saturated rings. The molecule has 3 heterocycles. The van der Waals surface area contributed by atoms with E-state index in [0.717, 1.165) is 67.5 Å². The van der Waals surface area contributed by atoms with Gasteiger partial charge in [-0.15, -0.1) is 5.10 Å². The van der Waals surface area contributed by atoms with E-state index in [4.69, 9.17) is 9.47 Å². The molecular formula is C29H32N6O3. The molecule has 0 radical (unpaired) electrons. The van der Waals surface area contributed by atoms with Crippen molar-refractivity contribution in [3.8, 4) is 16.8 Å². The number of rotatable bonds is 8. The first kappa shape index (κ1) is 24.5. The summed E-state index contributed by atoms with van der Waals surface area (Å²) in [5, 5.41) is 13.1. The van der Waals surface area contributed by atoms with Gasteiger partial charge in [0.05, 0.1) is 43.1 Å². The number of aromatic nitrogens is 5. The Morgan fingerprint density at radius 3 is 2.63 bits per heavy atom. The number of benzene rings is 2. The van der Waals surface area contributed by atoms with Gasteiger partial charge in [-0.1, -0.05) is 35.5 Å². The maximum atomic E-state index is 12.9. The molecule has 0 N–H and O–H groups in total. The van der Waals surface area contributed by atoms with Crippen LogP contribution >= 0.6 is 0 Å². The van der Waals surface area contributed by atoms with Gasteiger partial charge in [-0.05, 0) is 48.2 Å². The third-order valence-corrected chi connectivity index (χ3v) is 7.30. The molecule has 2 aliphatic rings. The average Bonchev–Trinajstić information content (AvgIpc) is 3.39. The van der Waals surface area contributed by atoms with Crippen LogP contribution in [0.4, 0.5) is 0 Å². The van der Waals surface area contributed by atoms with Crippen LogP contribution in [-0.2, 0) is 23.1 Å². The van der Waals surface area contributed by atoms with Crippen molar-refractivity contribution < 1.29 is 14.3 Å². The predicted molar refractivity (Wildman–Crippen MR) is 142 cm³/mol. The molecule has 2 aromatic carbocycles. The van der Waals surface area contributed by atoms with Crippen LogP contribution in [0.3, 0.4) is 0 Å². The molecule has 196 valence electrons. The van der Waals surface area contributed by atoms with Crippen LogP contribution in [0.15, 0.2) is 60.9 Å². The third kappa shape index (κ3) is 4.99. The summed E-state index contributed by atoms with van der Waals surface area (Å²) < 4.78 is 14.5. The van der Waals surface area contributed by atoms with E-state index in [0.29, 0.717) is 12.2 Å². The topological polar surface area (TPSA) is 87.3 Å². The molecule has 0 spiro atoms. The Balaban J connectivity index is 1.32. The molecule has 2 aromatic heterocycles. The third-order valence-electron chi connectivity index (χ3n) is 7.30. The lowest BCUT2D eigenvalue weighted by Gasteiger charge is -2.26. The van der Waals surface area contributed by atoms with E-state index >= 15 is 0 Å². The largest absolute Gasteiger partial charge is 0.462 e. The Kier molecular flexibility index (Phi) is 6.78. The lowest BCUT2D eigenvalue weighted by Crippen LogP contribution is -2.35. The summed E-state index contributed by atoms with van der Waals surface area (Å²) in [6, 6.07) is 17.0. The maximum absolute atomic E-state index is 12.9. The minimum atomic E-state index is -0.342. The van der Waals surface area contributed by atoms with Crippen LogP contribution < -0.4 is 0 Å². The molecule has 1 aliphatic carbocycles. The quantitative estimate of drug-likeness (QED) is 0.331. The van der Waals surface area contributed by atoms with E-state index in [1.165, 1.54) is 5.56 Å². The van der Waals surface area contributed by atoms with Gasteiger partial charge in [-0.25, -0.2) is 9.48 Å². The van der Waals surface area contributed by atoms with Crippen molar-refractivity contribution in [1.82, 2.24) is 29.7 Å². The molecule has 1 saturated carbocycles. The predicted octanol–water partition coefficient (Wildman–Crippen LogP) is 3.95. The fraction of sp³-hybridized carbons (Fsp3) is 0.379. The molecule has 1 aliphatic heterocycles. The fourth-order valence-electron chi connectivity index (χ4n) is 5.33. The van der Waals surface area contributed by atoms with Crippen LogP contribution in [-0.4, -0.2) is 68.6 Å². The van der Waals surface area contributed by atoms with Crippen molar-refractivity contribution in [2.45, 2.75) is 31.7 Å². The molecule has 9 nitrogen and oxygen atoms in total. The van der Waals surface area contributed by atoms with Crippen molar-refractivity contribution in [3.05, 3.63) is 83.4 Å². The minimum absolute atomic E-state index is 0.120. The molecule has 1 saturated heterocycles. The van der Waals surface area contributed by atoms with Crippen molar-refractivity contribution in [1.29, 1.82) is 0 Å². The summed E-state index contributed by atoms with van der Waals surface area (Å²) >= 11 is 0. The Bertz CT molecular complexity index is 1440. The SMILES string of the molecule is CCOC(=O)c1cnn(-c2cccc(-c3cccc(CN4CCOCC4)c3)c2)c1C1CC1c1cn(C)nn1. The van der Waals surface area contributed by atoms with Gasteiger partial charge < -0.3 is 9.47 Å². The molecular weight excluding hydrogens is 480 g/mol. The van der Waals surface area contributed by atoms with Crippen molar-refractivity contribution in [2.75, 3.05) is 32.9 Å².